The van der Waals surface area contributed by atoms with Crippen LogP contribution < -0.4 is 0 Å². The third kappa shape index (κ3) is 8.41. The zero-order valence-corrected chi connectivity index (χ0v) is 20.2. The fourth-order valence-electron chi connectivity index (χ4n) is 4.52. The van der Waals surface area contributed by atoms with Crippen LogP contribution >= 0.6 is 15.9 Å². The summed E-state index contributed by atoms with van der Waals surface area (Å²) in [7, 11) is 0. The number of nitrogens with zero attached hydrogens (tertiary/aromatic N) is 2. The van der Waals surface area contributed by atoms with Crippen molar-refractivity contribution >= 4 is 21.8 Å². The summed E-state index contributed by atoms with van der Waals surface area (Å²) in [6.45, 7) is 7.49. The van der Waals surface area contributed by atoms with Crippen molar-refractivity contribution in [2.75, 3.05) is 25.0 Å². The number of carbonyl (C=O) groups excluding carboxylic acids is 1. The van der Waals surface area contributed by atoms with Crippen LogP contribution in [-0.4, -0.2) is 46.7 Å². The maximum atomic E-state index is 13.1. The van der Waals surface area contributed by atoms with Crippen molar-refractivity contribution in [3.8, 4) is 0 Å². The van der Waals surface area contributed by atoms with Crippen LogP contribution in [0.25, 0.3) is 0 Å². The minimum atomic E-state index is 0.360. The van der Waals surface area contributed by atoms with Crippen LogP contribution in [0.5, 0.6) is 0 Å². The Hall–Kier alpha value is -0.870. The summed E-state index contributed by atoms with van der Waals surface area (Å²) in [5.41, 5.74) is 1.37. The third-order valence-corrected chi connectivity index (χ3v) is 6.87. The molecule has 3 nitrogen and oxygen atoms in total. The predicted octanol–water partition coefficient (Wildman–Crippen LogP) is 6.58. The van der Waals surface area contributed by atoms with E-state index in [1.54, 1.807) is 0 Å². The Kier molecular flexibility index (Phi) is 11.9. The monoisotopic (exact) mass is 464 g/mol. The second kappa shape index (κ2) is 14.2. The number of hydrogen-bond donors (Lipinski definition) is 0. The molecule has 2 atom stereocenters. The second-order valence-electron chi connectivity index (χ2n) is 8.52. The Morgan fingerprint density at radius 1 is 1.03 bits per heavy atom. The van der Waals surface area contributed by atoms with Gasteiger partial charge in [-0.1, -0.05) is 85.3 Å². The third-order valence-electron chi connectivity index (χ3n) is 6.31. The van der Waals surface area contributed by atoms with Gasteiger partial charge < -0.3 is 4.90 Å². The maximum absolute atomic E-state index is 13.1. The van der Waals surface area contributed by atoms with Gasteiger partial charge in [0, 0.05) is 43.5 Å². The molecule has 1 aliphatic heterocycles. The van der Waals surface area contributed by atoms with Gasteiger partial charge in [0.15, 0.2) is 0 Å². The van der Waals surface area contributed by atoms with Crippen LogP contribution in [0.4, 0.5) is 0 Å². The van der Waals surface area contributed by atoms with Crippen LogP contribution in [0.3, 0.4) is 0 Å². The number of unbranched alkanes of at least 4 members (excludes halogenated alkanes) is 5. The average Bonchev–Trinajstić information content (AvgIpc) is 2.73. The molecule has 1 heterocycles. The van der Waals surface area contributed by atoms with E-state index in [4.69, 9.17) is 0 Å². The van der Waals surface area contributed by atoms with Crippen molar-refractivity contribution in [2.45, 2.75) is 90.1 Å². The first-order valence-electron chi connectivity index (χ1n) is 11.8. The lowest BCUT2D eigenvalue weighted by Crippen LogP contribution is -2.46. The normalized spacial score (nSPS) is 19.8. The number of carbonyl (C=O) groups is 1. The molecule has 0 spiro atoms. The summed E-state index contributed by atoms with van der Waals surface area (Å²) in [6, 6.07) is 11.5. The highest BCUT2D eigenvalue weighted by molar-refractivity contribution is 9.09. The van der Waals surface area contributed by atoms with Gasteiger partial charge in [-0.3, -0.25) is 9.69 Å². The highest BCUT2D eigenvalue weighted by Crippen LogP contribution is 2.28. The van der Waals surface area contributed by atoms with Crippen LogP contribution in [0, 0.1) is 0 Å². The highest BCUT2D eigenvalue weighted by Gasteiger charge is 2.30. The van der Waals surface area contributed by atoms with Gasteiger partial charge in [0.25, 0.3) is 0 Å². The Labute approximate surface area is 187 Å². The molecule has 0 unspecified atom stereocenters. The molecule has 1 saturated heterocycles. The first kappa shape index (κ1) is 24.4. The number of amides is 1. The number of benzene rings is 1. The number of rotatable bonds is 12. The fraction of sp³-hybridized carbons (Fsp3) is 0.720. The van der Waals surface area contributed by atoms with Crippen LogP contribution in [0.15, 0.2) is 30.3 Å². The maximum Gasteiger partial charge on any atom is 0.224 e. The lowest BCUT2D eigenvalue weighted by molar-refractivity contribution is -0.134. The summed E-state index contributed by atoms with van der Waals surface area (Å²) in [6.07, 6.45) is 11.6. The van der Waals surface area contributed by atoms with Gasteiger partial charge in [0.1, 0.15) is 0 Å². The molecule has 1 aliphatic rings. The number of alkyl halides is 1. The van der Waals surface area contributed by atoms with Gasteiger partial charge in [0.2, 0.25) is 5.91 Å². The van der Waals surface area contributed by atoms with E-state index in [-0.39, 0.29) is 0 Å². The largest absolute Gasteiger partial charge is 0.343 e. The van der Waals surface area contributed by atoms with Crippen molar-refractivity contribution in [1.82, 2.24) is 9.80 Å². The molecule has 1 aromatic carbocycles. The van der Waals surface area contributed by atoms with Gasteiger partial charge in [-0.2, -0.15) is 0 Å². The number of halogens is 1. The van der Waals surface area contributed by atoms with Crippen molar-refractivity contribution in [3.63, 3.8) is 0 Å². The first-order valence-corrected chi connectivity index (χ1v) is 12.9. The quantitative estimate of drug-likeness (QED) is 0.257. The smallest absolute Gasteiger partial charge is 0.224 e. The van der Waals surface area contributed by atoms with E-state index in [1.165, 1.54) is 37.7 Å². The summed E-state index contributed by atoms with van der Waals surface area (Å²) in [4.78, 5) is 17.9. The lowest BCUT2D eigenvalue weighted by Gasteiger charge is -2.40. The van der Waals surface area contributed by atoms with Crippen molar-refractivity contribution in [2.24, 2.45) is 0 Å². The van der Waals surface area contributed by atoms with Crippen LogP contribution in [0.2, 0.25) is 0 Å². The molecule has 4 heteroatoms. The van der Waals surface area contributed by atoms with E-state index >= 15 is 0 Å². The molecule has 1 amide bonds. The van der Waals surface area contributed by atoms with E-state index in [2.05, 4.69) is 69.9 Å². The zero-order valence-electron chi connectivity index (χ0n) is 18.6. The molecule has 2 rings (SSSR count). The van der Waals surface area contributed by atoms with Crippen LogP contribution in [0.1, 0.15) is 89.7 Å². The average molecular weight is 466 g/mol. The molecule has 1 fully saturated rings. The van der Waals surface area contributed by atoms with Crippen molar-refractivity contribution in [1.29, 1.82) is 0 Å². The molecule has 1 aromatic rings. The minimum absolute atomic E-state index is 0.360. The standard InChI is InChI=1S/C25H41BrN2O/c1-3-4-5-6-10-16-24-21-25(29)27(18-12-11-17-26)19-13-20-28(24)22(2)23-14-8-7-9-15-23/h7-9,14-15,22,24H,3-6,10-13,16-21H2,1-2H3/t22-,24-/m1/s1. The van der Waals surface area contributed by atoms with Crippen molar-refractivity contribution in [3.05, 3.63) is 35.9 Å². The predicted molar refractivity (Wildman–Crippen MR) is 128 cm³/mol. The Morgan fingerprint density at radius 3 is 2.52 bits per heavy atom. The topological polar surface area (TPSA) is 23.6 Å². The van der Waals surface area contributed by atoms with E-state index < -0.39 is 0 Å². The van der Waals surface area contributed by atoms with E-state index in [0.29, 0.717) is 24.4 Å². The molecule has 0 N–H and O–H groups in total. The van der Waals surface area contributed by atoms with Crippen LogP contribution in [-0.2, 0) is 4.79 Å². The van der Waals surface area contributed by atoms with Gasteiger partial charge in [-0.05, 0) is 38.2 Å². The molecule has 164 valence electrons. The van der Waals surface area contributed by atoms with Crippen molar-refractivity contribution < 1.29 is 4.79 Å². The zero-order chi connectivity index (χ0) is 20.9. The molecule has 0 aliphatic carbocycles. The second-order valence-corrected chi connectivity index (χ2v) is 9.31. The summed E-state index contributed by atoms with van der Waals surface area (Å²) < 4.78 is 0. The van der Waals surface area contributed by atoms with E-state index in [0.717, 1.165) is 50.6 Å². The Morgan fingerprint density at radius 2 is 1.79 bits per heavy atom. The minimum Gasteiger partial charge on any atom is -0.343 e. The summed E-state index contributed by atoms with van der Waals surface area (Å²) >= 11 is 3.51. The summed E-state index contributed by atoms with van der Waals surface area (Å²) in [5.74, 6) is 0.364. The first-order chi connectivity index (χ1) is 14.2. The van der Waals surface area contributed by atoms with Gasteiger partial charge >= 0.3 is 0 Å². The Bertz CT molecular complexity index is 565. The van der Waals surface area contributed by atoms with E-state index in [9.17, 15) is 4.79 Å². The highest BCUT2D eigenvalue weighted by atomic mass is 79.9. The van der Waals surface area contributed by atoms with Gasteiger partial charge in [-0.25, -0.2) is 0 Å². The molecule has 0 bridgehead atoms. The molecule has 29 heavy (non-hydrogen) atoms. The molecule has 0 radical (unpaired) electrons. The molecule has 0 aromatic heterocycles. The van der Waals surface area contributed by atoms with Gasteiger partial charge in [0.05, 0.1) is 0 Å². The molecular weight excluding hydrogens is 424 g/mol. The van der Waals surface area contributed by atoms with Gasteiger partial charge in [-0.15, -0.1) is 0 Å². The fourth-order valence-corrected chi connectivity index (χ4v) is 4.91. The summed E-state index contributed by atoms with van der Waals surface area (Å²) in [5, 5.41) is 1.03. The SMILES string of the molecule is CCCCCCC[C@@H]1CC(=O)N(CCCCBr)CCCN1[C@H](C)c1ccccc1. The molecule has 0 saturated carbocycles. The molecular formula is C25H41BrN2O. The van der Waals surface area contributed by atoms with E-state index in [1.807, 2.05) is 0 Å². The lowest BCUT2D eigenvalue weighted by atomic mass is 9.96. The Balaban J connectivity index is 2.05. The number of hydrogen-bond acceptors (Lipinski definition) is 2.